The molecule has 0 aliphatic carbocycles. The minimum atomic E-state index is -4.04. The first-order chi connectivity index (χ1) is 9.84. The molecule has 4 N–H and O–H groups in total. The fourth-order valence-electron chi connectivity index (χ4n) is 2.52. The van der Waals surface area contributed by atoms with Gasteiger partial charge in [-0.1, -0.05) is 36.4 Å². The molecule has 1 heterocycles. The van der Waals surface area contributed by atoms with Crippen LogP contribution < -0.4 is 10.5 Å². The Kier molecular flexibility index (Phi) is 2.87. The van der Waals surface area contributed by atoms with E-state index in [0.29, 0.717) is 11.1 Å². The Labute approximate surface area is 121 Å². The molecule has 1 aliphatic heterocycles. The Hall–Kier alpha value is -2.22. The van der Waals surface area contributed by atoms with Crippen LogP contribution in [0.5, 0.6) is 0 Å². The number of nitrogens with one attached hydrogen (secondary N) is 1. The lowest BCUT2D eigenvalue weighted by Gasteiger charge is -2.26. The molecule has 0 fully saturated rings. The summed E-state index contributed by atoms with van der Waals surface area (Å²) in [5.74, 6) is -0.475. The van der Waals surface area contributed by atoms with Gasteiger partial charge in [0.15, 0.2) is 5.72 Å². The Morgan fingerprint density at radius 1 is 1.00 bits per heavy atom. The van der Waals surface area contributed by atoms with E-state index in [1.807, 2.05) is 0 Å². The lowest BCUT2D eigenvalue weighted by Crippen LogP contribution is -2.41. The maximum Gasteiger partial charge on any atom is 0.254 e. The van der Waals surface area contributed by atoms with E-state index in [4.69, 9.17) is 5.14 Å². The average molecular weight is 304 g/mol. The third-order valence-corrected chi connectivity index (χ3v) is 4.41. The third kappa shape index (κ3) is 2.02. The fourth-order valence-corrected chi connectivity index (χ4v) is 3.31. The fraction of sp³-hybridized carbons (Fsp3) is 0.0714. The zero-order valence-corrected chi connectivity index (χ0v) is 11.6. The van der Waals surface area contributed by atoms with Crippen LogP contribution in [-0.2, 0) is 15.7 Å². The zero-order valence-electron chi connectivity index (χ0n) is 10.8. The molecule has 7 heteroatoms. The number of rotatable bonds is 2. The molecule has 21 heavy (non-hydrogen) atoms. The summed E-state index contributed by atoms with van der Waals surface area (Å²) < 4.78 is 23.4. The zero-order chi connectivity index (χ0) is 15.3. The Morgan fingerprint density at radius 2 is 1.57 bits per heavy atom. The highest BCUT2D eigenvalue weighted by molar-refractivity contribution is 7.89. The van der Waals surface area contributed by atoms with Crippen LogP contribution in [0.15, 0.2) is 53.4 Å². The lowest BCUT2D eigenvalue weighted by atomic mass is 9.94. The van der Waals surface area contributed by atoms with E-state index < -0.39 is 21.7 Å². The van der Waals surface area contributed by atoms with Gasteiger partial charge in [-0.2, -0.15) is 0 Å². The summed E-state index contributed by atoms with van der Waals surface area (Å²) in [5, 5.41) is 18.5. The monoisotopic (exact) mass is 304 g/mol. The summed E-state index contributed by atoms with van der Waals surface area (Å²) in [6.45, 7) is 0. The van der Waals surface area contributed by atoms with Gasteiger partial charge in [0.25, 0.3) is 5.91 Å². The molecular weight excluding hydrogens is 292 g/mol. The van der Waals surface area contributed by atoms with Crippen molar-refractivity contribution in [3.8, 4) is 0 Å². The molecule has 108 valence electrons. The average Bonchev–Trinajstić information content (AvgIpc) is 2.72. The number of nitrogens with two attached hydrogens (primary N) is 1. The predicted octanol–water partition coefficient (Wildman–Crippen LogP) is 0.271. The number of aliphatic hydroxyl groups is 1. The highest BCUT2D eigenvalue weighted by Gasteiger charge is 2.44. The van der Waals surface area contributed by atoms with Crippen molar-refractivity contribution in [2.45, 2.75) is 10.6 Å². The van der Waals surface area contributed by atoms with Crippen molar-refractivity contribution in [2.75, 3.05) is 0 Å². The van der Waals surface area contributed by atoms with Crippen LogP contribution in [0, 0.1) is 0 Å². The van der Waals surface area contributed by atoms with Gasteiger partial charge >= 0.3 is 0 Å². The molecule has 0 aromatic heterocycles. The van der Waals surface area contributed by atoms with E-state index in [9.17, 15) is 18.3 Å². The molecular formula is C14H12N2O4S. The van der Waals surface area contributed by atoms with Crippen molar-refractivity contribution in [3.05, 3.63) is 65.2 Å². The van der Waals surface area contributed by atoms with Crippen LogP contribution >= 0.6 is 0 Å². The largest absolute Gasteiger partial charge is 0.363 e. The Morgan fingerprint density at radius 3 is 2.24 bits per heavy atom. The normalized spacial score (nSPS) is 21.0. The number of hydrogen-bond donors (Lipinski definition) is 3. The quantitative estimate of drug-likeness (QED) is 0.739. The standard InChI is InChI=1S/C14H12N2O4S/c15-21(19,20)12-8-4-3-7-11(12)14(18)10-6-2-1-5-9(10)13(17)16-14/h1-8,18H,(H,16,17)(H2,15,19,20). The van der Waals surface area contributed by atoms with Gasteiger partial charge in [0.05, 0.1) is 4.90 Å². The summed E-state index contributed by atoms with van der Waals surface area (Å²) in [6.07, 6.45) is 0. The maximum atomic E-state index is 12.0. The van der Waals surface area contributed by atoms with Crippen molar-refractivity contribution in [1.82, 2.24) is 5.32 Å². The van der Waals surface area contributed by atoms with Crippen LogP contribution in [-0.4, -0.2) is 19.4 Å². The number of sulfonamides is 1. The van der Waals surface area contributed by atoms with E-state index in [2.05, 4.69) is 5.32 Å². The topological polar surface area (TPSA) is 109 Å². The lowest BCUT2D eigenvalue weighted by molar-refractivity contribution is 0.0455. The first-order valence-corrected chi connectivity index (χ1v) is 7.65. The van der Waals surface area contributed by atoms with E-state index >= 15 is 0 Å². The molecule has 0 radical (unpaired) electrons. The second-order valence-electron chi connectivity index (χ2n) is 4.75. The number of benzene rings is 2. The molecule has 3 rings (SSSR count). The predicted molar refractivity (Wildman–Crippen MR) is 74.7 cm³/mol. The van der Waals surface area contributed by atoms with Crippen molar-refractivity contribution < 1.29 is 18.3 Å². The molecule has 2 aromatic rings. The van der Waals surface area contributed by atoms with Crippen molar-refractivity contribution in [3.63, 3.8) is 0 Å². The van der Waals surface area contributed by atoms with Crippen molar-refractivity contribution in [2.24, 2.45) is 5.14 Å². The Bertz CT molecular complexity index is 848. The van der Waals surface area contributed by atoms with Gasteiger partial charge in [-0.3, -0.25) is 4.79 Å². The third-order valence-electron chi connectivity index (χ3n) is 3.44. The molecule has 1 amide bonds. The first kappa shape index (κ1) is 13.7. The van der Waals surface area contributed by atoms with E-state index in [-0.39, 0.29) is 10.5 Å². The number of carbonyl (C=O) groups is 1. The van der Waals surface area contributed by atoms with Gasteiger partial charge in [0, 0.05) is 16.7 Å². The van der Waals surface area contributed by atoms with Gasteiger partial charge in [-0.25, -0.2) is 13.6 Å². The smallest absolute Gasteiger partial charge is 0.254 e. The SMILES string of the molecule is NS(=O)(=O)c1ccccc1C1(O)NC(=O)c2ccccc21. The van der Waals surface area contributed by atoms with Crippen molar-refractivity contribution >= 4 is 15.9 Å². The van der Waals surface area contributed by atoms with E-state index in [1.54, 1.807) is 30.3 Å². The molecule has 0 saturated carbocycles. The summed E-state index contributed by atoms with van der Waals surface area (Å²) in [6, 6.07) is 12.2. The molecule has 1 atom stereocenters. The van der Waals surface area contributed by atoms with E-state index in [0.717, 1.165) is 0 Å². The molecule has 0 saturated heterocycles. The molecule has 1 aliphatic rings. The molecule has 0 spiro atoms. The number of primary sulfonamides is 1. The summed E-state index contributed by atoms with van der Waals surface area (Å²) in [5.41, 5.74) is -1.31. The molecule has 1 unspecified atom stereocenters. The minimum absolute atomic E-state index is 0.0193. The second-order valence-corrected chi connectivity index (χ2v) is 6.28. The van der Waals surface area contributed by atoms with Crippen LogP contribution in [0.2, 0.25) is 0 Å². The van der Waals surface area contributed by atoms with Crippen LogP contribution in [0.25, 0.3) is 0 Å². The number of amides is 1. The van der Waals surface area contributed by atoms with Crippen LogP contribution in [0.1, 0.15) is 21.5 Å². The number of carbonyl (C=O) groups excluding carboxylic acids is 1. The number of fused-ring (bicyclic) bond motifs is 1. The van der Waals surface area contributed by atoms with Gasteiger partial charge in [-0.05, 0) is 12.1 Å². The Balaban J connectivity index is 2.30. The minimum Gasteiger partial charge on any atom is -0.363 e. The molecule has 6 nitrogen and oxygen atoms in total. The highest BCUT2D eigenvalue weighted by atomic mass is 32.2. The number of hydrogen-bond acceptors (Lipinski definition) is 4. The first-order valence-electron chi connectivity index (χ1n) is 6.11. The summed E-state index contributed by atoms with van der Waals surface area (Å²) in [7, 11) is -4.04. The maximum absolute atomic E-state index is 12.0. The van der Waals surface area contributed by atoms with Crippen LogP contribution in [0.4, 0.5) is 0 Å². The van der Waals surface area contributed by atoms with E-state index in [1.165, 1.54) is 18.2 Å². The summed E-state index contributed by atoms with van der Waals surface area (Å²) in [4.78, 5) is 11.7. The molecule has 0 bridgehead atoms. The van der Waals surface area contributed by atoms with Crippen LogP contribution in [0.3, 0.4) is 0 Å². The molecule has 2 aromatic carbocycles. The van der Waals surface area contributed by atoms with Gasteiger partial charge in [0.1, 0.15) is 0 Å². The van der Waals surface area contributed by atoms with Gasteiger partial charge in [-0.15, -0.1) is 0 Å². The van der Waals surface area contributed by atoms with Crippen molar-refractivity contribution in [1.29, 1.82) is 0 Å². The van der Waals surface area contributed by atoms with Gasteiger partial charge < -0.3 is 10.4 Å². The van der Waals surface area contributed by atoms with Gasteiger partial charge in [0.2, 0.25) is 10.0 Å². The summed E-state index contributed by atoms with van der Waals surface area (Å²) >= 11 is 0. The second kappa shape index (κ2) is 4.39. The highest BCUT2D eigenvalue weighted by Crippen LogP contribution is 2.37.